The molecule has 6 heteroatoms. The number of nitrogens with one attached hydrogen (secondary N) is 2. The van der Waals surface area contributed by atoms with Gasteiger partial charge in [-0.3, -0.25) is 19.6 Å². The first kappa shape index (κ1) is 18.7. The molecule has 6 nitrogen and oxygen atoms in total. The van der Waals surface area contributed by atoms with Gasteiger partial charge in [-0.1, -0.05) is 42.5 Å². The monoisotopic (exact) mass is 408 g/mol. The second kappa shape index (κ2) is 7.50. The van der Waals surface area contributed by atoms with Crippen molar-refractivity contribution in [1.82, 2.24) is 14.8 Å². The van der Waals surface area contributed by atoms with Crippen LogP contribution in [0.1, 0.15) is 11.3 Å². The van der Waals surface area contributed by atoms with Crippen LogP contribution in [0.5, 0.6) is 5.88 Å². The van der Waals surface area contributed by atoms with Crippen molar-refractivity contribution < 1.29 is 5.11 Å². The number of aromatic hydroxyl groups is 1. The van der Waals surface area contributed by atoms with Gasteiger partial charge in [0, 0.05) is 28.9 Å². The van der Waals surface area contributed by atoms with Gasteiger partial charge in [-0.15, -0.1) is 0 Å². The van der Waals surface area contributed by atoms with E-state index in [1.807, 2.05) is 67.6 Å². The normalized spacial score (nSPS) is 11.5. The summed E-state index contributed by atoms with van der Waals surface area (Å²) in [5.41, 5.74) is 5.98. The van der Waals surface area contributed by atoms with Gasteiger partial charge in [-0.25, -0.2) is 0 Å². The fourth-order valence-electron chi connectivity index (χ4n) is 3.73. The molecule has 31 heavy (non-hydrogen) atoms. The van der Waals surface area contributed by atoms with Gasteiger partial charge in [0.25, 0.3) is 5.56 Å². The molecule has 0 atom stereocenters. The Morgan fingerprint density at radius 2 is 1.71 bits per heavy atom. The number of aryl methyl sites for hydroxylation is 1. The van der Waals surface area contributed by atoms with E-state index in [4.69, 9.17) is 0 Å². The molecule has 0 fully saturated rings. The first-order valence-electron chi connectivity index (χ1n) is 9.92. The number of hydrogen-bond donors (Lipinski definition) is 3. The van der Waals surface area contributed by atoms with Gasteiger partial charge in [0.05, 0.1) is 16.9 Å². The molecule has 0 aliphatic heterocycles. The molecule has 0 spiro atoms. The summed E-state index contributed by atoms with van der Waals surface area (Å²) in [6.45, 7) is 1.87. The molecule has 0 bridgehead atoms. The smallest absolute Gasteiger partial charge is 0.264 e. The Labute approximate surface area is 178 Å². The van der Waals surface area contributed by atoms with E-state index >= 15 is 0 Å². The van der Waals surface area contributed by atoms with E-state index in [-0.39, 0.29) is 11.4 Å². The summed E-state index contributed by atoms with van der Waals surface area (Å²) in [6.07, 6.45) is 1.66. The summed E-state index contributed by atoms with van der Waals surface area (Å²) in [5, 5.41) is 14.1. The molecule has 3 N–H and O–H groups in total. The minimum atomic E-state index is -0.134. The third-order valence-electron chi connectivity index (χ3n) is 5.29. The van der Waals surface area contributed by atoms with Gasteiger partial charge in [-0.2, -0.15) is 0 Å². The van der Waals surface area contributed by atoms with Crippen LogP contribution in [0.2, 0.25) is 0 Å². The molecule has 3 aromatic carbocycles. The standard InChI is InChI=1S/C25H20N4O2/c1-16-13-24(30)28-29(16)20-10-8-19(9-11-20)26-15-22-21-12-7-18(14-23(21)27-25(22)31)17-5-3-2-4-6-17/h2-15,27,31H,1H3,(H,28,30). The van der Waals surface area contributed by atoms with Crippen molar-refractivity contribution in [2.45, 2.75) is 6.92 Å². The second-order valence-electron chi connectivity index (χ2n) is 7.39. The van der Waals surface area contributed by atoms with Crippen molar-refractivity contribution in [3.63, 3.8) is 0 Å². The van der Waals surface area contributed by atoms with Crippen molar-refractivity contribution in [2.75, 3.05) is 0 Å². The number of aromatic nitrogens is 3. The van der Waals surface area contributed by atoms with E-state index in [0.717, 1.165) is 39.1 Å². The van der Waals surface area contributed by atoms with Crippen molar-refractivity contribution in [3.8, 4) is 22.7 Å². The third-order valence-corrected chi connectivity index (χ3v) is 5.29. The van der Waals surface area contributed by atoms with Gasteiger partial charge < -0.3 is 10.1 Å². The number of benzene rings is 3. The highest BCUT2D eigenvalue weighted by Gasteiger charge is 2.10. The van der Waals surface area contributed by atoms with Crippen LogP contribution in [0.25, 0.3) is 27.7 Å². The zero-order valence-electron chi connectivity index (χ0n) is 16.8. The molecule has 0 aliphatic rings. The van der Waals surface area contributed by atoms with E-state index in [0.29, 0.717) is 5.56 Å². The van der Waals surface area contributed by atoms with Crippen LogP contribution in [0.4, 0.5) is 5.69 Å². The average molecular weight is 408 g/mol. The van der Waals surface area contributed by atoms with E-state index in [1.54, 1.807) is 17.0 Å². The fraction of sp³-hybridized carbons (Fsp3) is 0.0400. The summed E-state index contributed by atoms with van der Waals surface area (Å²) in [5.74, 6) is 0.0844. The molecular formula is C25H20N4O2. The lowest BCUT2D eigenvalue weighted by Gasteiger charge is -2.05. The molecule has 0 aliphatic carbocycles. The van der Waals surface area contributed by atoms with Gasteiger partial charge in [-0.05, 0) is 48.4 Å². The van der Waals surface area contributed by atoms with E-state index in [9.17, 15) is 9.90 Å². The van der Waals surface area contributed by atoms with Gasteiger partial charge in [0.2, 0.25) is 0 Å². The van der Waals surface area contributed by atoms with Gasteiger partial charge >= 0.3 is 0 Å². The number of hydrogen-bond acceptors (Lipinski definition) is 3. The van der Waals surface area contributed by atoms with Crippen LogP contribution in [-0.4, -0.2) is 26.1 Å². The summed E-state index contributed by atoms with van der Waals surface area (Å²) in [6, 6.07) is 25.2. The Hall–Kier alpha value is -4.32. The maximum absolute atomic E-state index is 11.5. The first-order chi connectivity index (χ1) is 15.1. The second-order valence-corrected chi connectivity index (χ2v) is 7.39. The zero-order valence-corrected chi connectivity index (χ0v) is 16.8. The van der Waals surface area contributed by atoms with Crippen molar-refractivity contribution in [1.29, 1.82) is 0 Å². The minimum Gasteiger partial charge on any atom is -0.494 e. The van der Waals surface area contributed by atoms with E-state index in [1.165, 1.54) is 0 Å². The molecule has 2 aromatic heterocycles. The van der Waals surface area contributed by atoms with Crippen molar-refractivity contribution in [3.05, 3.63) is 100 Å². The Bertz CT molecular complexity index is 1460. The molecule has 5 aromatic rings. The Balaban J connectivity index is 1.44. The maximum Gasteiger partial charge on any atom is 0.264 e. The van der Waals surface area contributed by atoms with E-state index < -0.39 is 0 Å². The number of aliphatic imine (C=N–C) groups is 1. The molecule has 0 amide bonds. The molecule has 5 rings (SSSR count). The number of fused-ring (bicyclic) bond motifs is 1. The predicted octanol–water partition coefficient (Wildman–Crippen LogP) is 5.08. The van der Waals surface area contributed by atoms with Gasteiger partial charge in [0.15, 0.2) is 5.88 Å². The highest BCUT2D eigenvalue weighted by molar-refractivity contribution is 6.03. The molecular weight excluding hydrogens is 388 g/mol. The summed E-state index contributed by atoms with van der Waals surface area (Å²) >= 11 is 0. The predicted molar refractivity (Wildman–Crippen MR) is 124 cm³/mol. The van der Waals surface area contributed by atoms with Crippen molar-refractivity contribution >= 4 is 22.8 Å². The van der Waals surface area contributed by atoms with Crippen molar-refractivity contribution in [2.24, 2.45) is 4.99 Å². The lowest BCUT2D eigenvalue weighted by molar-refractivity contribution is 0.457. The lowest BCUT2D eigenvalue weighted by atomic mass is 10.0. The maximum atomic E-state index is 11.5. The highest BCUT2D eigenvalue weighted by atomic mass is 16.3. The average Bonchev–Trinajstić information content (AvgIpc) is 3.29. The lowest BCUT2D eigenvalue weighted by Crippen LogP contribution is -2.03. The fourth-order valence-corrected chi connectivity index (χ4v) is 3.73. The molecule has 0 unspecified atom stereocenters. The van der Waals surface area contributed by atoms with Crippen LogP contribution >= 0.6 is 0 Å². The van der Waals surface area contributed by atoms with Crippen LogP contribution in [-0.2, 0) is 0 Å². The number of nitrogens with zero attached hydrogens (tertiary/aromatic N) is 2. The Morgan fingerprint density at radius 3 is 2.42 bits per heavy atom. The van der Waals surface area contributed by atoms with Crippen LogP contribution in [0.15, 0.2) is 88.6 Å². The largest absolute Gasteiger partial charge is 0.494 e. The van der Waals surface area contributed by atoms with Crippen LogP contribution in [0, 0.1) is 6.92 Å². The summed E-state index contributed by atoms with van der Waals surface area (Å²) in [4.78, 5) is 19.1. The third kappa shape index (κ3) is 3.55. The van der Waals surface area contributed by atoms with E-state index in [2.05, 4.69) is 27.2 Å². The number of H-pyrrole nitrogens is 2. The number of aromatic amines is 2. The first-order valence-corrected chi connectivity index (χ1v) is 9.92. The summed E-state index contributed by atoms with van der Waals surface area (Å²) < 4.78 is 1.73. The van der Waals surface area contributed by atoms with Crippen LogP contribution < -0.4 is 5.56 Å². The topological polar surface area (TPSA) is 86.2 Å². The number of rotatable bonds is 4. The molecule has 0 saturated carbocycles. The molecule has 0 radical (unpaired) electrons. The SMILES string of the molecule is Cc1cc(=O)[nH]n1-c1ccc(N=Cc2c(O)[nH]c3cc(-c4ccccc4)ccc23)cc1. The molecule has 152 valence electrons. The zero-order chi connectivity index (χ0) is 21.4. The Morgan fingerprint density at radius 1 is 0.935 bits per heavy atom. The summed E-state index contributed by atoms with van der Waals surface area (Å²) in [7, 11) is 0. The molecule has 0 saturated heterocycles. The molecule has 2 heterocycles. The highest BCUT2D eigenvalue weighted by Crippen LogP contribution is 2.30. The van der Waals surface area contributed by atoms with Crippen LogP contribution in [0.3, 0.4) is 0 Å². The van der Waals surface area contributed by atoms with Gasteiger partial charge in [0.1, 0.15) is 0 Å². The quantitative estimate of drug-likeness (QED) is 0.362. The Kier molecular flexibility index (Phi) is 4.52. The minimum absolute atomic E-state index is 0.0844.